The van der Waals surface area contributed by atoms with Crippen molar-refractivity contribution < 1.29 is 19.1 Å². The van der Waals surface area contributed by atoms with Crippen molar-refractivity contribution in [1.82, 2.24) is 20.9 Å². The van der Waals surface area contributed by atoms with Gasteiger partial charge in [-0.15, -0.1) is 0 Å². The molecule has 1 spiro atoms. The van der Waals surface area contributed by atoms with Crippen LogP contribution in [0.1, 0.15) is 47.2 Å². The summed E-state index contributed by atoms with van der Waals surface area (Å²) in [6, 6.07) is 5.35. The third-order valence-electron chi connectivity index (χ3n) is 7.54. The van der Waals surface area contributed by atoms with Crippen molar-refractivity contribution in [2.24, 2.45) is 11.3 Å². The number of fused-ring (bicyclic) bond motifs is 1. The van der Waals surface area contributed by atoms with Crippen LogP contribution < -0.4 is 16.0 Å². The van der Waals surface area contributed by atoms with E-state index < -0.39 is 6.04 Å². The average Bonchev–Trinajstić information content (AvgIpc) is 3.35. The molecule has 8 nitrogen and oxygen atoms in total. The van der Waals surface area contributed by atoms with Crippen LogP contribution in [0, 0.1) is 11.3 Å². The molecule has 0 aliphatic carbocycles. The number of carbonyl (C=O) groups is 3. The molecule has 0 saturated carbocycles. The number of imide groups is 1. The summed E-state index contributed by atoms with van der Waals surface area (Å²) in [7, 11) is 0. The smallest absolute Gasteiger partial charge is 0.255 e. The zero-order valence-corrected chi connectivity index (χ0v) is 17.7. The molecule has 4 aliphatic heterocycles. The fourth-order valence-electron chi connectivity index (χ4n) is 5.68. The summed E-state index contributed by atoms with van der Waals surface area (Å²) >= 11 is 0. The molecule has 8 heteroatoms. The molecule has 3 amide bonds. The Morgan fingerprint density at radius 1 is 1.23 bits per heavy atom. The molecule has 0 bridgehead atoms. The fourth-order valence-corrected chi connectivity index (χ4v) is 5.68. The van der Waals surface area contributed by atoms with Gasteiger partial charge in [0.25, 0.3) is 5.91 Å². The number of benzene rings is 1. The molecule has 4 heterocycles. The van der Waals surface area contributed by atoms with E-state index >= 15 is 0 Å². The van der Waals surface area contributed by atoms with Gasteiger partial charge in [0.15, 0.2) is 0 Å². The maximum Gasteiger partial charge on any atom is 0.255 e. The van der Waals surface area contributed by atoms with E-state index in [4.69, 9.17) is 4.74 Å². The summed E-state index contributed by atoms with van der Waals surface area (Å²) in [5.74, 6) is -0.234. The van der Waals surface area contributed by atoms with Crippen LogP contribution in [0.15, 0.2) is 18.2 Å². The van der Waals surface area contributed by atoms with Crippen molar-refractivity contribution in [1.29, 1.82) is 0 Å². The highest BCUT2D eigenvalue weighted by atomic mass is 16.5. The van der Waals surface area contributed by atoms with Gasteiger partial charge in [-0.05, 0) is 49.4 Å². The summed E-state index contributed by atoms with van der Waals surface area (Å²) < 4.78 is 5.73. The lowest BCUT2D eigenvalue weighted by molar-refractivity contribution is -0.136. The molecule has 3 atom stereocenters. The maximum atomic E-state index is 13.2. The molecule has 3 unspecified atom stereocenters. The molecule has 3 fully saturated rings. The van der Waals surface area contributed by atoms with E-state index in [0.29, 0.717) is 31.0 Å². The summed E-state index contributed by atoms with van der Waals surface area (Å²) in [6.45, 7) is 5.66. The largest absolute Gasteiger partial charge is 0.381 e. The summed E-state index contributed by atoms with van der Waals surface area (Å²) in [5, 5.41) is 9.47. The second-order valence-corrected chi connectivity index (χ2v) is 9.30. The molecule has 166 valence electrons. The predicted octanol–water partition coefficient (Wildman–Crippen LogP) is 0.553. The Kier molecular flexibility index (Phi) is 5.54. The number of carbonyl (C=O) groups excluding carboxylic acids is 3. The highest BCUT2D eigenvalue weighted by Gasteiger charge is 2.43. The minimum Gasteiger partial charge on any atom is -0.381 e. The molecule has 0 aromatic heterocycles. The molecular formula is C23H30N4O4. The maximum absolute atomic E-state index is 13.2. The predicted molar refractivity (Wildman–Crippen MR) is 113 cm³/mol. The summed E-state index contributed by atoms with van der Waals surface area (Å²) in [5.41, 5.74) is 2.90. The second-order valence-electron chi connectivity index (χ2n) is 9.30. The van der Waals surface area contributed by atoms with Crippen LogP contribution in [0.5, 0.6) is 0 Å². The first-order chi connectivity index (χ1) is 15.1. The lowest BCUT2D eigenvalue weighted by Crippen LogP contribution is -2.52. The van der Waals surface area contributed by atoms with Crippen molar-refractivity contribution in [3.8, 4) is 0 Å². The van der Waals surface area contributed by atoms with E-state index in [1.807, 2.05) is 18.2 Å². The van der Waals surface area contributed by atoms with Crippen molar-refractivity contribution in [3.63, 3.8) is 0 Å². The number of nitrogens with one attached hydrogen (secondary N) is 3. The number of hydrogen-bond acceptors (Lipinski definition) is 6. The Bertz CT molecular complexity index is 896. The number of rotatable bonds is 5. The van der Waals surface area contributed by atoms with Gasteiger partial charge in [0.05, 0.1) is 6.61 Å². The molecule has 0 radical (unpaired) electrons. The minimum absolute atomic E-state index is 0.109. The number of hydrogen-bond donors (Lipinski definition) is 3. The second kappa shape index (κ2) is 8.33. The Hall–Kier alpha value is -2.29. The van der Waals surface area contributed by atoms with Crippen LogP contribution in [-0.4, -0.2) is 61.5 Å². The number of piperidine rings is 2. The highest BCUT2D eigenvalue weighted by molar-refractivity contribution is 6.05. The van der Waals surface area contributed by atoms with Gasteiger partial charge in [0, 0.05) is 43.6 Å². The highest BCUT2D eigenvalue weighted by Crippen LogP contribution is 2.41. The number of ether oxygens (including phenoxy) is 1. The quantitative estimate of drug-likeness (QED) is 0.595. The first-order valence-corrected chi connectivity index (χ1v) is 11.3. The molecule has 31 heavy (non-hydrogen) atoms. The topological polar surface area (TPSA) is 99.8 Å². The number of amides is 3. The van der Waals surface area contributed by atoms with E-state index in [-0.39, 0.29) is 29.6 Å². The van der Waals surface area contributed by atoms with E-state index in [2.05, 4.69) is 16.0 Å². The lowest BCUT2D eigenvalue weighted by atomic mass is 9.70. The van der Waals surface area contributed by atoms with Gasteiger partial charge in [-0.25, -0.2) is 0 Å². The Morgan fingerprint density at radius 2 is 2.13 bits per heavy atom. The van der Waals surface area contributed by atoms with Gasteiger partial charge in [0.2, 0.25) is 11.8 Å². The van der Waals surface area contributed by atoms with Gasteiger partial charge < -0.3 is 20.3 Å². The Balaban J connectivity index is 1.26. The molecule has 4 aliphatic rings. The first kappa shape index (κ1) is 20.6. The van der Waals surface area contributed by atoms with Gasteiger partial charge >= 0.3 is 0 Å². The fraction of sp³-hybridized carbons (Fsp3) is 0.609. The first-order valence-electron chi connectivity index (χ1n) is 11.3. The van der Waals surface area contributed by atoms with Crippen molar-refractivity contribution in [2.45, 2.75) is 44.8 Å². The third-order valence-corrected chi connectivity index (χ3v) is 7.54. The normalized spacial score (nSPS) is 30.7. The van der Waals surface area contributed by atoms with Crippen molar-refractivity contribution in [3.05, 3.63) is 34.9 Å². The standard InChI is InChI=1S/C23H30N4O4/c28-19-5-4-18(21(29)26-19)27-13-16-3-1-2-15(20(16)22(27)30)10-25-12-17-11-24-8-6-23(17)7-9-31-14-23/h1-3,17-18,24-25H,4-14H2,(H,26,28,29). The van der Waals surface area contributed by atoms with Gasteiger partial charge in [0.1, 0.15) is 6.04 Å². The minimum atomic E-state index is -0.575. The van der Waals surface area contributed by atoms with Crippen LogP contribution >= 0.6 is 0 Å². The molecule has 1 aromatic rings. The summed E-state index contributed by atoms with van der Waals surface area (Å²) in [4.78, 5) is 38.6. The summed E-state index contributed by atoms with van der Waals surface area (Å²) in [6.07, 6.45) is 2.93. The molecule has 1 aromatic carbocycles. The lowest BCUT2D eigenvalue weighted by Gasteiger charge is -2.41. The third kappa shape index (κ3) is 3.77. The Morgan fingerprint density at radius 3 is 2.94 bits per heavy atom. The zero-order chi connectivity index (χ0) is 21.4. The molecule has 3 N–H and O–H groups in total. The number of nitrogens with zero attached hydrogens (tertiary/aromatic N) is 1. The van der Waals surface area contributed by atoms with Crippen molar-refractivity contribution >= 4 is 17.7 Å². The molecular weight excluding hydrogens is 396 g/mol. The van der Waals surface area contributed by atoms with Crippen LogP contribution in [0.2, 0.25) is 0 Å². The van der Waals surface area contributed by atoms with Crippen LogP contribution in [0.3, 0.4) is 0 Å². The van der Waals surface area contributed by atoms with E-state index in [1.165, 1.54) is 0 Å². The van der Waals surface area contributed by atoms with E-state index in [1.54, 1.807) is 4.90 Å². The van der Waals surface area contributed by atoms with Crippen LogP contribution in [0.25, 0.3) is 0 Å². The van der Waals surface area contributed by atoms with Crippen LogP contribution in [-0.2, 0) is 27.4 Å². The van der Waals surface area contributed by atoms with Gasteiger partial charge in [-0.2, -0.15) is 0 Å². The average molecular weight is 427 g/mol. The van der Waals surface area contributed by atoms with Crippen molar-refractivity contribution in [2.75, 3.05) is 32.8 Å². The Labute approximate surface area is 182 Å². The SMILES string of the molecule is O=C1CCC(N2Cc3cccc(CNCC4CNCCC45CCOC5)c3C2=O)C(=O)N1. The van der Waals surface area contributed by atoms with Crippen LogP contribution in [0.4, 0.5) is 0 Å². The van der Waals surface area contributed by atoms with Gasteiger partial charge in [-0.3, -0.25) is 19.7 Å². The molecule has 5 rings (SSSR count). The van der Waals surface area contributed by atoms with E-state index in [0.717, 1.165) is 56.8 Å². The molecule has 3 saturated heterocycles. The zero-order valence-electron chi connectivity index (χ0n) is 17.7. The van der Waals surface area contributed by atoms with E-state index in [9.17, 15) is 14.4 Å². The monoisotopic (exact) mass is 426 g/mol. The van der Waals surface area contributed by atoms with Gasteiger partial charge in [-0.1, -0.05) is 18.2 Å².